The first-order valence-corrected chi connectivity index (χ1v) is 7.85. The highest BCUT2D eigenvalue weighted by Crippen LogP contribution is 2.18. The number of benzene rings is 1. The molecule has 0 aliphatic carbocycles. The number of carbonyl (C=O) groups excluding carboxylic acids is 1. The Labute approximate surface area is 134 Å². The van der Waals surface area contributed by atoms with Gasteiger partial charge in [-0.15, -0.1) is 0 Å². The van der Waals surface area contributed by atoms with Crippen molar-refractivity contribution in [3.8, 4) is 0 Å². The van der Waals surface area contributed by atoms with Gasteiger partial charge >= 0.3 is 5.97 Å². The Balaban J connectivity index is 2.63. The average molecular weight is 356 g/mol. The van der Waals surface area contributed by atoms with Gasteiger partial charge in [0, 0.05) is 23.0 Å². The van der Waals surface area contributed by atoms with Gasteiger partial charge in [0.05, 0.1) is 0 Å². The summed E-state index contributed by atoms with van der Waals surface area (Å²) in [6.07, 6.45) is 0.865. The van der Waals surface area contributed by atoms with E-state index in [2.05, 4.69) is 35.1 Å². The van der Waals surface area contributed by atoms with Gasteiger partial charge in [-0.1, -0.05) is 29.8 Å². The number of aryl methyl sites for hydroxylation is 1. The summed E-state index contributed by atoms with van der Waals surface area (Å²) in [5, 5.41) is 11.8. The van der Waals surface area contributed by atoms with Gasteiger partial charge < -0.3 is 10.4 Å². The molecule has 1 atom stereocenters. The van der Waals surface area contributed by atoms with Gasteiger partial charge in [-0.05, 0) is 48.9 Å². The first-order valence-electron chi connectivity index (χ1n) is 7.05. The lowest BCUT2D eigenvalue weighted by atomic mass is 9.94. The lowest BCUT2D eigenvalue weighted by Gasteiger charge is -2.18. The molecular formula is C16H22BrNO3. The monoisotopic (exact) mass is 355 g/mol. The maximum Gasteiger partial charge on any atom is 0.303 e. The first kappa shape index (κ1) is 17.7. The Hall–Kier alpha value is -1.36. The van der Waals surface area contributed by atoms with E-state index in [-0.39, 0.29) is 18.2 Å². The lowest BCUT2D eigenvalue weighted by Crippen LogP contribution is -2.31. The third kappa shape index (κ3) is 6.29. The molecule has 1 amide bonds. The molecule has 0 aromatic heterocycles. The maximum absolute atomic E-state index is 12.1. The van der Waals surface area contributed by atoms with E-state index in [1.165, 1.54) is 0 Å². The van der Waals surface area contributed by atoms with Crippen LogP contribution in [0.2, 0.25) is 0 Å². The van der Waals surface area contributed by atoms with Crippen LogP contribution in [-0.2, 0) is 4.79 Å². The minimum atomic E-state index is -0.825. The molecule has 1 rings (SSSR count). The van der Waals surface area contributed by atoms with Gasteiger partial charge in [0.1, 0.15) is 0 Å². The average Bonchev–Trinajstić information content (AvgIpc) is 2.37. The summed E-state index contributed by atoms with van der Waals surface area (Å²) >= 11 is 3.40. The van der Waals surface area contributed by atoms with Crippen molar-refractivity contribution in [3.63, 3.8) is 0 Å². The topological polar surface area (TPSA) is 66.4 Å². The summed E-state index contributed by atoms with van der Waals surface area (Å²) in [6.45, 7) is 6.41. The summed E-state index contributed by atoms with van der Waals surface area (Å²) in [5.74, 6) is -0.622. The molecule has 0 saturated carbocycles. The number of nitrogens with one attached hydrogen (secondary N) is 1. The maximum atomic E-state index is 12.1. The van der Waals surface area contributed by atoms with E-state index < -0.39 is 5.97 Å². The Morgan fingerprint density at radius 2 is 2.00 bits per heavy atom. The predicted octanol–water partition coefficient (Wildman–Crippen LogP) is 3.62. The molecule has 0 aliphatic rings. The van der Waals surface area contributed by atoms with Crippen LogP contribution < -0.4 is 5.32 Å². The Bertz CT molecular complexity index is 514. The number of hydrogen-bond acceptors (Lipinski definition) is 2. The Kier molecular flexibility index (Phi) is 6.89. The van der Waals surface area contributed by atoms with Gasteiger partial charge in [-0.3, -0.25) is 9.59 Å². The minimum Gasteiger partial charge on any atom is -0.481 e. The molecule has 1 aromatic carbocycles. The van der Waals surface area contributed by atoms with Crippen molar-refractivity contribution in [2.45, 2.75) is 33.6 Å². The van der Waals surface area contributed by atoms with Crippen molar-refractivity contribution < 1.29 is 14.7 Å². The van der Waals surface area contributed by atoms with Crippen molar-refractivity contribution in [1.82, 2.24) is 5.32 Å². The molecule has 0 saturated heterocycles. The van der Waals surface area contributed by atoms with E-state index in [1.807, 2.05) is 19.1 Å². The minimum absolute atomic E-state index is 0.0389. The van der Waals surface area contributed by atoms with Crippen LogP contribution in [0.3, 0.4) is 0 Å². The van der Waals surface area contributed by atoms with Gasteiger partial charge in [0.15, 0.2) is 0 Å². The Morgan fingerprint density at radius 1 is 1.33 bits per heavy atom. The zero-order valence-electron chi connectivity index (χ0n) is 12.6. The number of hydrogen-bond donors (Lipinski definition) is 2. The van der Waals surface area contributed by atoms with Crippen LogP contribution in [0.25, 0.3) is 0 Å². The second-order valence-electron chi connectivity index (χ2n) is 5.77. The Morgan fingerprint density at radius 3 is 2.52 bits per heavy atom. The molecule has 0 radical (unpaired) electrons. The fourth-order valence-corrected chi connectivity index (χ4v) is 2.52. The number of carboxylic acids is 1. The number of aliphatic carboxylic acids is 1. The molecule has 21 heavy (non-hydrogen) atoms. The van der Waals surface area contributed by atoms with Crippen molar-refractivity contribution >= 4 is 27.8 Å². The molecule has 0 bridgehead atoms. The van der Waals surface area contributed by atoms with E-state index in [0.717, 1.165) is 16.5 Å². The second kappa shape index (κ2) is 8.17. The van der Waals surface area contributed by atoms with Crippen LogP contribution >= 0.6 is 15.9 Å². The highest BCUT2D eigenvalue weighted by molar-refractivity contribution is 9.10. The van der Waals surface area contributed by atoms with E-state index in [0.29, 0.717) is 18.0 Å². The molecule has 2 N–H and O–H groups in total. The van der Waals surface area contributed by atoms with Gasteiger partial charge in [-0.25, -0.2) is 0 Å². The van der Waals surface area contributed by atoms with Crippen molar-refractivity contribution in [1.29, 1.82) is 0 Å². The van der Waals surface area contributed by atoms with Crippen LogP contribution in [-0.4, -0.2) is 23.5 Å². The van der Waals surface area contributed by atoms with Crippen molar-refractivity contribution in [2.75, 3.05) is 6.54 Å². The molecule has 0 heterocycles. The lowest BCUT2D eigenvalue weighted by molar-refractivity contribution is -0.138. The van der Waals surface area contributed by atoms with Gasteiger partial charge in [-0.2, -0.15) is 0 Å². The number of amides is 1. The fraction of sp³-hybridized carbons (Fsp3) is 0.500. The molecular weight excluding hydrogens is 334 g/mol. The second-order valence-corrected chi connectivity index (χ2v) is 6.62. The highest BCUT2D eigenvalue weighted by Gasteiger charge is 2.16. The van der Waals surface area contributed by atoms with Crippen molar-refractivity contribution in [2.24, 2.45) is 11.8 Å². The third-order valence-electron chi connectivity index (χ3n) is 3.24. The largest absolute Gasteiger partial charge is 0.481 e. The quantitative estimate of drug-likeness (QED) is 0.784. The number of halogens is 1. The smallest absolute Gasteiger partial charge is 0.303 e. The molecule has 1 unspecified atom stereocenters. The summed E-state index contributed by atoms with van der Waals surface area (Å²) < 4.78 is 0.961. The molecule has 4 nitrogen and oxygen atoms in total. The molecule has 116 valence electrons. The summed E-state index contributed by atoms with van der Waals surface area (Å²) in [5.41, 5.74) is 1.58. The number of rotatable bonds is 7. The molecule has 0 aliphatic heterocycles. The standard InChI is InChI=1S/C16H22BrNO3/c1-10(2)6-12(8-15(19)20)9-18-16(21)13-4-5-14(17)11(3)7-13/h4-5,7,10,12H,6,8-9H2,1-3H3,(H,18,21)(H,19,20). The van der Waals surface area contributed by atoms with Gasteiger partial charge in [0.25, 0.3) is 5.91 Å². The predicted molar refractivity (Wildman–Crippen MR) is 86.4 cm³/mol. The SMILES string of the molecule is Cc1cc(C(=O)NCC(CC(=O)O)CC(C)C)ccc1Br. The summed E-state index contributed by atoms with van der Waals surface area (Å²) in [6, 6.07) is 5.40. The molecule has 0 fully saturated rings. The normalized spacial score (nSPS) is 12.2. The van der Waals surface area contributed by atoms with Crippen LogP contribution in [0.4, 0.5) is 0 Å². The van der Waals surface area contributed by atoms with Crippen LogP contribution in [0.5, 0.6) is 0 Å². The molecule has 1 aromatic rings. The zero-order chi connectivity index (χ0) is 16.0. The highest BCUT2D eigenvalue weighted by atomic mass is 79.9. The number of carbonyl (C=O) groups is 2. The van der Waals surface area contributed by atoms with E-state index >= 15 is 0 Å². The van der Waals surface area contributed by atoms with Gasteiger partial charge in [0.2, 0.25) is 0 Å². The number of carboxylic acid groups (broad SMARTS) is 1. The van der Waals surface area contributed by atoms with E-state index in [1.54, 1.807) is 6.07 Å². The van der Waals surface area contributed by atoms with Crippen LogP contribution in [0.15, 0.2) is 22.7 Å². The van der Waals surface area contributed by atoms with Crippen molar-refractivity contribution in [3.05, 3.63) is 33.8 Å². The van der Waals surface area contributed by atoms with Crippen LogP contribution in [0, 0.1) is 18.8 Å². The van der Waals surface area contributed by atoms with E-state index in [9.17, 15) is 9.59 Å². The van der Waals surface area contributed by atoms with Crippen LogP contribution in [0.1, 0.15) is 42.6 Å². The summed E-state index contributed by atoms with van der Waals surface area (Å²) in [7, 11) is 0. The van der Waals surface area contributed by atoms with E-state index in [4.69, 9.17) is 5.11 Å². The molecule has 5 heteroatoms. The molecule has 0 spiro atoms. The zero-order valence-corrected chi connectivity index (χ0v) is 14.2. The summed E-state index contributed by atoms with van der Waals surface area (Å²) in [4.78, 5) is 23.0. The fourth-order valence-electron chi connectivity index (χ4n) is 2.28. The third-order valence-corrected chi connectivity index (χ3v) is 4.13. The first-order chi connectivity index (χ1) is 9.79.